The summed E-state index contributed by atoms with van der Waals surface area (Å²) in [6.07, 6.45) is 8.44. The van der Waals surface area contributed by atoms with Gasteiger partial charge in [-0.2, -0.15) is 5.10 Å². The first kappa shape index (κ1) is 10.1. The van der Waals surface area contributed by atoms with E-state index in [-0.39, 0.29) is 0 Å². The number of nitrogen functional groups attached to an aromatic ring is 1. The lowest BCUT2D eigenvalue weighted by Crippen LogP contribution is -1.99. The molecular weight excluding hydrogens is 162 g/mol. The van der Waals surface area contributed by atoms with Crippen molar-refractivity contribution >= 4 is 5.82 Å². The van der Waals surface area contributed by atoms with Crippen molar-refractivity contribution in [2.45, 2.75) is 45.6 Å². The number of rotatable bonds is 6. The molecule has 1 rings (SSSR count). The second-order valence-electron chi connectivity index (χ2n) is 3.42. The number of unbranched alkanes of at least 4 members (excludes halogenated alkanes) is 4. The molecular formula is C10H19N3. The van der Waals surface area contributed by atoms with Crippen molar-refractivity contribution in [1.82, 2.24) is 9.78 Å². The number of hydrogen-bond donors (Lipinski definition) is 1. The van der Waals surface area contributed by atoms with Gasteiger partial charge in [-0.1, -0.05) is 32.6 Å². The third kappa shape index (κ3) is 3.97. The molecule has 0 atom stereocenters. The first-order valence-electron chi connectivity index (χ1n) is 5.12. The Kier molecular flexibility index (Phi) is 4.36. The molecule has 2 N–H and O–H groups in total. The molecule has 0 aliphatic carbocycles. The molecule has 0 saturated heterocycles. The van der Waals surface area contributed by atoms with Crippen LogP contribution >= 0.6 is 0 Å². The average molecular weight is 181 g/mol. The molecule has 3 heteroatoms. The lowest BCUT2D eigenvalue weighted by molar-refractivity contribution is 0.534. The molecule has 0 unspecified atom stereocenters. The van der Waals surface area contributed by atoms with Gasteiger partial charge >= 0.3 is 0 Å². The van der Waals surface area contributed by atoms with E-state index in [1.807, 2.05) is 16.9 Å². The van der Waals surface area contributed by atoms with Gasteiger partial charge in [0.25, 0.3) is 0 Å². The zero-order chi connectivity index (χ0) is 9.52. The van der Waals surface area contributed by atoms with Crippen LogP contribution in [0.25, 0.3) is 0 Å². The number of anilines is 1. The second kappa shape index (κ2) is 5.62. The molecule has 0 amide bonds. The van der Waals surface area contributed by atoms with Gasteiger partial charge in [0.05, 0.1) is 0 Å². The Labute approximate surface area is 79.9 Å². The summed E-state index contributed by atoms with van der Waals surface area (Å²) in [6, 6.07) is 1.84. The summed E-state index contributed by atoms with van der Waals surface area (Å²) in [5.74, 6) is 0.619. The fraction of sp³-hybridized carbons (Fsp3) is 0.700. The van der Waals surface area contributed by atoms with Gasteiger partial charge in [-0.15, -0.1) is 0 Å². The van der Waals surface area contributed by atoms with E-state index in [1.54, 1.807) is 0 Å². The minimum absolute atomic E-state index is 0.619. The average Bonchev–Trinajstić information content (AvgIpc) is 2.51. The lowest BCUT2D eigenvalue weighted by Gasteiger charge is -2.00. The molecule has 0 aliphatic rings. The van der Waals surface area contributed by atoms with E-state index in [0.717, 1.165) is 6.54 Å². The van der Waals surface area contributed by atoms with Crippen molar-refractivity contribution in [2.24, 2.45) is 0 Å². The summed E-state index contributed by atoms with van der Waals surface area (Å²) >= 11 is 0. The third-order valence-corrected chi connectivity index (χ3v) is 2.15. The molecule has 0 radical (unpaired) electrons. The number of hydrogen-bond acceptors (Lipinski definition) is 2. The molecule has 0 aromatic carbocycles. The number of nitrogens with zero attached hydrogens (tertiary/aromatic N) is 2. The molecule has 0 saturated carbocycles. The number of aryl methyl sites for hydroxylation is 1. The molecule has 1 aromatic rings. The predicted octanol–water partition coefficient (Wildman–Crippen LogP) is 2.44. The van der Waals surface area contributed by atoms with Crippen LogP contribution < -0.4 is 5.73 Å². The highest BCUT2D eigenvalue weighted by atomic mass is 15.3. The molecule has 13 heavy (non-hydrogen) atoms. The zero-order valence-electron chi connectivity index (χ0n) is 8.37. The Morgan fingerprint density at radius 2 is 2.08 bits per heavy atom. The number of nitrogens with two attached hydrogens (primary N) is 1. The van der Waals surface area contributed by atoms with Crippen molar-refractivity contribution in [3.05, 3.63) is 12.3 Å². The summed E-state index contributed by atoms with van der Waals surface area (Å²) in [4.78, 5) is 0. The fourth-order valence-corrected chi connectivity index (χ4v) is 1.38. The maximum absolute atomic E-state index is 5.50. The van der Waals surface area contributed by atoms with Gasteiger partial charge in [-0.3, -0.25) is 4.68 Å². The predicted molar refractivity (Wildman–Crippen MR) is 55.4 cm³/mol. The van der Waals surface area contributed by atoms with Crippen LogP contribution in [0.3, 0.4) is 0 Å². The van der Waals surface area contributed by atoms with Gasteiger partial charge in [0.2, 0.25) is 0 Å². The van der Waals surface area contributed by atoms with Crippen molar-refractivity contribution in [3.8, 4) is 0 Å². The van der Waals surface area contributed by atoms with Crippen LogP contribution in [0.4, 0.5) is 5.82 Å². The molecule has 1 heterocycles. The van der Waals surface area contributed by atoms with Gasteiger partial charge in [0.15, 0.2) is 0 Å². The summed E-state index contributed by atoms with van der Waals surface area (Å²) in [5.41, 5.74) is 5.50. The van der Waals surface area contributed by atoms with Crippen molar-refractivity contribution < 1.29 is 0 Å². The first-order chi connectivity index (χ1) is 6.33. The Morgan fingerprint density at radius 3 is 2.69 bits per heavy atom. The van der Waals surface area contributed by atoms with Crippen LogP contribution in [0.1, 0.15) is 39.0 Å². The maximum atomic E-state index is 5.50. The van der Waals surface area contributed by atoms with Crippen molar-refractivity contribution in [2.75, 3.05) is 5.73 Å². The van der Waals surface area contributed by atoms with E-state index in [0.29, 0.717) is 5.82 Å². The van der Waals surface area contributed by atoms with Crippen LogP contribution in [0.5, 0.6) is 0 Å². The minimum Gasteiger partial charge on any atom is -0.382 e. The monoisotopic (exact) mass is 181 g/mol. The standard InChI is InChI=1S/C10H19N3/c1-2-3-4-5-6-8-13-9-7-10(11)12-13/h7,9H,2-6,8H2,1H3,(H2,11,12). The van der Waals surface area contributed by atoms with Gasteiger partial charge < -0.3 is 5.73 Å². The summed E-state index contributed by atoms with van der Waals surface area (Å²) < 4.78 is 1.92. The van der Waals surface area contributed by atoms with E-state index < -0.39 is 0 Å². The van der Waals surface area contributed by atoms with Gasteiger partial charge in [0, 0.05) is 12.7 Å². The van der Waals surface area contributed by atoms with Gasteiger partial charge in [-0.25, -0.2) is 0 Å². The second-order valence-corrected chi connectivity index (χ2v) is 3.42. The van der Waals surface area contributed by atoms with E-state index >= 15 is 0 Å². The van der Waals surface area contributed by atoms with Crippen LogP contribution in [-0.4, -0.2) is 9.78 Å². The highest BCUT2D eigenvalue weighted by Crippen LogP contribution is 2.04. The van der Waals surface area contributed by atoms with E-state index in [9.17, 15) is 0 Å². The highest BCUT2D eigenvalue weighted by Gasteiger charge is 1.93. The van der Waals surface area contributed by atoms with Crippen molar-refractivity contribution in [1.29, 1.82) is 0 Å². The SMILES string of the molecule is CCCCCCCn1ccc(N)n1. The van der Waals surface area contributed by atoms with Crippen molar-refractivity contribution in [3.63, 3.8) is 0 Å². The Bertz CT molecular complexity index is 230. The van der Waals surface area contributed by atoms with E-state index in [2.05, 4.69) is 12.0 Å². The summed E-state index contributed by atoms with van der Waals surface area (Å²) in [5, 5.41) is 4.12. The topological polar surface area (TPSA) is 43.8 Å². The normalized spacial score (nSPS) is 10.5. The highest BCUT2D eigenvalue weighted by molar-refractivity contribution is 5.23. The summed E-state index contributed by atoms with van der Waals surface area (Å²) in [6.45, 7) is 3.23. The Hall–Kier alpha value is -0.990. The first-order valence-corrected chi connectivity index (χ1v) is 5.12. The molecule has 0 aliphatic heterocycles. The largest absolute Gasteiger partial charge is 0.382 e. The minimum atomic E-state index is 0.619. The molecule has 1 aromatic heterocycles. The summed E-state index contributed by atoms with van der Waals surface area (Å²) in [7, 11) is 0. The lowest BCUT2D eigenvalue weighted by atomic mass is 10.1. The van der Waals surface area contributed by atoms with Crippen LogP contribution in [0, 0.1) is 0 Å². The van der Waals surface area contributed by atoms with E-state index in [1.165, 1.54) is 32.1 Å². The van der Waals surface area contributed by atoms with Crippen LogP contribution in [0.2, 0.25) is 0 Å². The molecule has 0 spiro atoms. The maximum Gasteiger partial charge on any atom is 0.145 e. The molecule has 3 nitrogen and oxygen atoms in total. The smallest absolute Gasteiger partial charge is 0.145 e. The van der Waals surface area contributed by atoms with E-state index in [4.69, 9.17) is 5.73 Å². The zero-order valence-corrected chi connectivity index (χ0v) is 8.37. The fourth-order valence-electron chi connectivity index (χ4n) is 1.38. The van der Waals surface area contributed by atoms with Crippen LogP contribution in [-0.2, 0) is 6.54 Å². The quantitative estimate of drug-likeness (QED) is 0.685. The van der Waals surface area contributed by atoms with Crippen LogP contribution in [0.15, 0.2) is 12.3 Å². The number of aromatic nitrogens is 2. The van der Waals surface area contributed by atoms with Gasteiger partial charge in [0.1, 0.15) is 5.82 Å². The Morgan fingerprint density at radius 1 is 1.31 bits per heavy atom. The Balaban J connectivity index is 2.06. The van der Waals surface area contributed by atoms with Gasteiger partial charge in [-0.05, 0) is 12.5 Å². The molecule has 0 bridgehead atoms. The molecule has 74 valence electrons. The molecule has 0 fully saturated rings. The third-order valence-electron chi connectivity index (χ3n) is 2.15.